The van der Waals surface area contributed by atoms with Gasteiger partial charge in [-0.25, -0.2) is 0 Å². The summed E-state index contributed by atoms with van der Waals surface area (Å²) in [6.07, 6.45) is -0.222. The SMILES string of the molecule is CCO[C@@H](C)C(=N)N. The van der Waals surface area contributed by atoms with Gasteiger partial charge in [-0.2, -0.15) is 0 Å². The number of hydrogen-bond donors (Lipinski definition) is 2. The van der Waals surface area contributed by atoms with Crippen LogP contribution in [0.25, 0.3) is 0 Å². The highest BCUT2D eigenvalue weighted by atomic mass is 16.5. The number of amidine groups is 1. The van der Waals surface area contributed by atoms with Crippen LogP contribution in [0.4, 0.5) is 0 Å². The molecule has 0 aromatic carbocycles. The minimum atomic E-state index is -0.222. The molecule has 0 fully saturated rings. The first-order valence-electron chi connectivity index (χ1n) is 2.64. The summed E-state index contributed by atoms with van der Waals surface area (Å²) in [6, 6.07) is 0. The van der Waals surface area contributed by atoms with E-state index < -0.39 is 0 Å². The Labute approximate surface area is 49.3 Å². The van der Waals surface area contributed by atoms with Crippen LogP contribution >= 0.6 is 0 Å². The van der Waals surface area contributed by atoms with Gasteiger partial charge in [-0.3, -0.25) is 5.41 Å². The van der Waals surface area contributed by atoms with E-state index in [4.69, 9.17) is 15.9 Å². The molecule has 0 heterocycles. The summed E-state index contributed by atoms with van der Waals surface area (Å²) in [6.45, 7) is 4.24. The second-order valence-electron chi connectivity index (χ2n) is 1.55. The molecule has 0 amide bonds. The second-order valence-corrected chi connectivity index (χ2v) is 1.55. The summed E-state index contributed by atoms with van der Waals surface area (Å²) in [5, 5.41) is 6.86. The Morgan fingerprint density at radius 2 is 2.38 bits per heavy atom. The first-order chi connectivity index (χ1) is 3.68. The van der Waals surface area contributed by atoms with Crippen molar-refractivity contribution in [3.63, 3.8) is 0 Å². The van der Waals surface area contributed by atoms with Crippen LogP contribution in [-0.4, -0.2) is 18.5 Å². The molecule has 0 aromatic heterocycles. The van der Waals surface area contributed by atoms with Crippen LogP contribution in [0, 0.1) is 5.41 Å². The van der Waals surface area contributed by atoms with E-state index >= 15 is 0 Å². The summed E-state index contributed by atoms with van der Waals surface area (Å²) < 4.78 is 4.95. The lowest BCUT2D eigenvalue weighted by atomic mass is 10.4. The molecule has 0 aliphatic rings. The largest absolute Gasteiger partial charge is 0.385 e. The maximum atomic E-state index is 6.86. The standard InChI is InChI=1S/C5H12N2O/c1-3-8-4(2)5(6)7/h4H,3H2,1-2H3,(H3,6,7)/t4-/m0/s1. The topological polar surface area (TPSA) is 59.1 Å². The van der Waals surface area contributed by atoms with Crippen molar-refractivity contribution in [3.8, 4) is 0 Å². The van der Waals surface area contributed by atoms with E-state index in [1.807, 2.05) is 6.92 Å². The zero-order chi connectivity index (χ0) is 6.57. The van der Waals surface area contributed by atoms with E-state index in [2.05, 4.69) is 0 Å². The van der Waals surface area contributed by atoms with Crippen LogP contribution in [0.15, 0.2) is 0 Å². The molecule has 0 unspecified atom stereocenters. The zero-order valence-electron chi connectivity index (χ0n) is 5.27. The van der Waals surface area contributed by atoms with Gasteiger partial charge >= 0.3 is 0 Å². The molecule has 0 saturated carbocycles. The number of ether oxygens (including phenoxy) is 1. The van der Waals surface area contributed by atoms with Crippen molar-refractivity contribution < 1.29 is 4.74 Å². The van der Waals surface area contributed by atoms with Crippen molar-refractivity contribution in [1.82, 2.24) is 0 Å². The van der Waals surface area contributed by atoms with Crippen LogP contribution in [0.1, 0.15) is 13.8 Å². The van der Waals surface area contributed by atoms with E-state index in [0.717, 1.165) is 0 Å². The van der Waals surface area contributed by atoms with Crippen molar-refractivity contribution in [2.45, 2.75) is 20.0 Å². The monoisotopic (exact) mass is 116 g/mol. The lowest BCUT2D eigenvalue weighted by molar-refractivity contribution is 0.121. The molecule has 0 rings (SSSR count). The Bertz CT molecular complexity index is 82.5. The van der Waals surface area contributed by atoms with Gasteiger partial charge in [0.1, 0.15) is 11.9 Å². The molecule has 0 bridgehead atoms. The van der Waals surface area contributed by atoms with Gasteiger partial charge in [0.05, 0.1) is 0 Å². The number of hydrogen-bond acceptors (Lipinski definition) is 2. The van der Waals surface area contributed by atoms with Crippen LogP contribution in [0.3, 0.4) is 0 Å². The number of nitrogens with one attached hydrogen (secondary N) is 1. The normalized spacial score (nSPS) is 13.2. The smallest absolute Gasteiger partial charge is 0.120 e. The molecule has 8 heavy (non-hydrogen) atoms. The van der Waals surface area contributed by atoms with Crippen molar-refractivity contribution in [1.29, 1.82) is 5.41 Å². The maximum Gasteiger partial charge on any atom is 0.120 e. The molecule has 3 heteroatoms. The Morgan fingerprint density at radius 1 is 1.88 bits per heavy atom. The van der Waals surface area contributed by atoms with Crippen LogP contribution < -0.4 is 5.73 Å². The molecule has 3 N–H and O–H groups in total. The fourth-order valence-electron chi connectivity index (χ4n) is 0.340. The van der Waals surface area contributed by atoms with Gasteiger partial charge in [0, 0.05) is 6.61 Å². The highest BCUT2D eigenvalue weighted by Crippen LogP contribution is 1.86. The Balaban J connectivity index is 3.32. The quantitative estimate of drug-likeness (QED) is 0.413. The van der Waals surface area contributed by atoms with Gasteiger partial charge in [0.2, 0.25) is 0 Å². The third kappa shape index (κ3) is 2.58. The zero-order valence-corrected chi connectivity index (χ0v) is 5.27. The first-order valence-corrected chi connectivity index (χ1v) is 2.64. The molecule has 3 nitrogen and oxygen atoms in total. The van der Waals surface area contributed by atoms with Gasteiger partial charge in [-0.1, -0.05) is 0 Å². The van der Waals surface area contributed by atoms with Crippen molar-refractivity contribution in [3.05, 3.63) is 0 Å². The molecule has 48 valence electrons. The summed E-state index contributed by atoms with van der Waals surface area (Å²) >= 11 is 0. The van der Waals surface area contributed by atoms with Crippen molar-refractivity contribution in [2.75, 3.05) is 6.61 Å². The molecule has 0 aromatic rings. The number of rotatable bonds is 3. The molecule has 0 radical (unpaired) electrons. The summed E-state index contributed by atoms with van der Waals surface area (Å²) in [7, 11) is 0. The van der Waals surface area contributed by atoms with Gasteiger partial charge in [0.25, 0.3) is 0 Å². The van der Waals surface area contributed by atoms with Gasteiger partial charge in [-0.15, -0.1) is 0 Å². The van der Waals surface area contributed by atoms with E-state index in [1.54, 1.807) is 6.92 Å². The van der Waals surface area contributed by atoms with E-state index in [9.17, 15) is 0 Å². The Hall–Kier alpha value is -0.570. The summed E-state index contributed by atoms with van der Waals surface area (Å²) in [5.41, 5.74) is 5.08. The molecule has 0 aliphatic carbocycles. The third-order valence-corrected chi connectivity index (χ3v) is 0.855. The molecular weight excluding hydrogens is 104 g/mol. The predicted octanol–water partition coefficient (Wildman–Crippen LogP) is 0.347. The molecule has 0 aliphatic heterocycles. The van der Waals surface area contributed by atoms with Gasteiger partial charge in [-0.05, 0) is 13.8 Å². The molecule has 0 saturated heterocycles. The summed E-state index contributed by atoms with van der Waals surface area (Å²) in [4.78, 5) is 0. The summed E-state index contributed by atoms with van der Waals surface area (Å²) in [5.74, 6) is 0.0897. The lowest BCUT2D eigenvalue weighted by Crippen LogP contribution is -2.27. The average Bonchev–Trinajstić information content (AvgIpc) is 1.67. The molecule has 0 spiro atoms. The third-order valence-electron chi connectivity index (χ3n) is 0.855. The predicted molar refractivity (Wildman–Crippen MR) is 33.0 cm³/mol. The molecule has 1 atom stereocenters. The highest BCUT2D eigenvalue weighted by Gasteiger charge is 2.00. The van der Waals surface area contributed by atoms with E-state index in [-0.39, 0.29) is 11.9 Å². The fourth-order valence-corrected chi connectivity index (χ4v) is 0.340. The van der Waals surface area contributed by atoms with E-state index in [1.165, 1.54) is 0 Å². The highest BCUT2D eigenvalue weighted by molar-refractivity contribution is 5.81. The van der Waals surface area contributed by atoms with E-state index in [0.29, 0.717) is 6.61 Å². The number of nitrogens with two attached hydrogens (primary N) is 1. The molecular formula is C5H12N2O. The Morgan fingerprint density at radius 3 is 2.50 bits per heavy atom. The Kier molecular flexibility index (Phi) is 3.19. The van der Waals surface area contributed by atoms with Gasteiger partial charge in [0.15, 0.2) is 0 Å². The lowest BCUT2D eigenvalue weighted by Gasteiger charge is -2.07. The van der Waals surface area contributed by atoms with Crippen LogP contribution in [0.2, 0.25) is 0 Å². The minimum absolute atomic E-state index is 0.0897. The second kappa shape index (κ2) is 3.43. The van der Waals surface area contributed by atoms with Crippen molar-refractivity contribution in [2.24, 2.45) is 5.73 Å². The van der Waals surface area contributed by atoms with Crippen LogP contribution in [0.5, 0.6) is 0 Å². The average molecular weight is 116 g/mol. The minimum Gasteiger partial charge on any atom is -0.385 e. The maximum absolute atomic E-state index is 6.86. The van der Waals surface area contributed by atoms with Crippen LogP contribution in [-0.2, 0) is 4.74 Å². The first kappa shape index (κ1) is 7.43. The van der Waals surface area contributed by atoms with Gasteiger partial charge < -0.3 is 10.5 Å². The van der Waals surface area contributed by atoms with Crippen molar-refractivity contribution >= 4 is 5.84 Å². The fraction of sp³-hybridized carbons (Fsp3) is 0.800.